The highest BCUT2D eigenvalue weighted by Crippen LogP contribution is 2.45. The molecule has 0 fully saturated rings. The zero-order valence-corrected chi connectivity index (χ0v) is 29.2. The smallest absolute Gasteiger partial charge is 0.0780 e. The summed E-state index contributed by atoms with van der Waals surface area (Å²) in [5.74, 6) is 0. The fraction of sp³-hybridized carbons (Fsp3) is 0.0400. The molecule has 0 saturated heterocycles. The van der Waals surface area contributed by atoms with Gasteiger partial charge in [0.25, 0.3) is 0 Å². The molecule has 0 aliphatic rings. The molecule has 7 aromatic carbocycles. The van der Waals surface area contributed by atoms with Gasteiger partial charge < -0.3 is 0 Å². The number of aryl methyl sites for hydroxylation is 2. The van der Waals surface area contributed by atoms with Crippen molar-refractivity contribution >= 4 is 21.7 Å². The number of fused-ring (bicyclic) bond motifs is 3. The van der Waals surface area contributed by atoms with Gasteiger partial charge in [-0.2, -0.15) is 0 Å². The molecule has 52 heavy (non-hydrogen) atoms. The number of aromatic nitrogens is 2. The van der Waals surface area contributed by atoms with Gasteiger partial charge in [-0.15, -0.1) is 0 Å². The maximum Gasteiger partial charge on any atom is 0.0780 e. The molecule has 2 nitrogen and oxygen atoms in total. The van der Waals surface area contributed by atoms with Crippen LogP contribution in [0.3, 0.4) is 0 Å². The molecular weight excluding hydrogens is 629 g/mol. The molecule has 246 valence electrons. The third-order valence-electron chi connectivity index (χ3n) is 10.0. The molecule has 0 unspecified atom stereocenters. The van der Waals surface area contributed by atoms with Gasteiger partial charge in [0.05, 0.1) is 11.2 Å². The lowest BCUT2D eigenvalue weighted by atomic mass is 9.83. The first kappa shape index (κ1) is 31.3. The average Bonchev–Trinajstić information content (AvgIpc) is 3.20. The van der Waals surface area contributed by atoms with Gasteiger partial charge in [-0.25, -0.2) is 0 Å². The Morgan fingerprint density at radius 2 is 1.06 bits per heavy atom. The number of rotatable bonds is 6. The van der Waals surface area contributed by atoms with E-state index < -0.39 is 0 Å². The first-order valence-corrected chi connectivity index (χ1v) is 17.8. The molecule has 0 saturated carbocycles. The Balaban J connectivity index is 1.31. The van der Waals surface area contributed by atoms with E-state index in [1.807, 2.05) is 24.5 Å². The second kappa shape index (κ2) is 13.2. The van der Waals surface area contributed by atoms with Crippen molar-refractivity contribution < 1.29 is 0 Å². The van der Waals surface area contributed by atoms with Crippen molar-refractivity contribution in [2.75, 3.05) is 0 Å². The summed E-state index contributed by atoms with van der Waals surface area (Å²) in [5.41, 5.74) is 17.5. The molecule has 0 spiro atoms. The standard InChI is InChI=1S/C50H36N2/c1-33-27-34(2)29-42(28-33)49-43(39-21-23-44-40(31-39)20-19-36-15-10-26-52-50(36)44)16-9-17-46(49)45-24-22-41(48-18-6-7-25-51-48)32-47(45)38-14-8-13-37(30-38)35-11-4-3-5-12-35/h3-32H,1-2H3. The van der Waals surface area contributed by atoms with E-state index in [4.69, 9.17) is 9.97 Å². The van der Waals surface area contributed by atoms with E-state index in [9.17, 15) is 0 Å². The predicted molar refractivity (Wildman–Crippen MR) is 219 cm³/mol. The molecule has 0 radical (unpaired) electrons. The molecule has 2 heterocycles. The molecule has 0 N–H and O–H groups in total. The largest absolute Gasteiger partial charge is 0.256 e. The number of nitrogens with zero attached hydrogens (tertiary/aromatic N) is 2. The molecule has 0 bridgehead atoms. The number of hydrogen-bond acceptors (Lipinski definition) is 2. The molecule has 0 atom stereocenters. The Hall–Kier alpha value is -6.64. The van der Waals surface area contributed by atoms with E-state index in [0.29, 0.717) is 0 Å². The number of pyridine rings is 2. The minimum Gasteiger partial charge on any atom is -0.256 e. The van der Waals surface area contributed by atoms with Crippen molar-refractivity contribution in [3.63, 3.8) is 0 Å². The fourth-order valence-corrected chi connectivity index (χ4v) is 7.70. The van der Waals surface area contributed by atoms with Crippen molar-refractivity contribution in [3.05, 3.63) is 193 Å². The molecule has 0 amide bonds. The van der Waals surface area contributed by atoms with Crippen molar-refractivity contribution in [3.8, 4) is 66.9 Å². The van der Waals surface area contributed by atoms with Crippen LogP contribution in [0, 0.1) is 13.8 Å². The third-order valence-corrected chi connectivity index (χ3v) is 10.0. The van der Waals surface area contributed by atoms with Crippen molar-refractivity contribution in [2.24, 2.45) is 0 Å². The van der Waals surface area contributed by atoms with Gasteiger partial charge in [-0.3, -0.25) is 9.97 Å². The van der Waals surface area contributed by atoms with Crippen LogP contribution in [0.5, 0.6) is 0 Å². The summed E-state index contributed by atoms with van der Waals surface area (Å²) in [4.78, 5) is 9.47. The van der Waals surface area contributed by atoms with Crippen LogP contribution in [-0.4, -0.2) is 9.97 Å². The van der Waals surface area contributed by atoms with Gasteiger partial charge >= 0.3 is 0 Å². The maximum absolute atomic E-state index is 4.74. The zero-order valence-electron chi connectivity index (χ0n) is 29.2. The lowest BCUT2D eigenvalue weighted by molar-refractivity contribution is 1.33. The van der Waals surface area contributed by atoms with Gasteiger partial charge in [0.15, 0.2) is 0 Å². The van der Waals surface area contributed by atoms with Gasteiger partial charge in [0.2, 0.25) is 0 Å². The van der Waals surface area contributed by atoms with Crippen molar-refractivity contribution in [2.45, 2.75) is 13.8 Å². The highest BCUT2D eigenvalue weighted by atomic mass is 14.7. The number of benzene rings is 7. The van der Waals surface area contributed by atoms with Crippen LogP contribution in [0.1, 0.15) is 11.1 Å². The molecule has 0 aliphatic carbocycles. The molecular formula is C50H36N2. The fourth-order valence-electron chi connectivity index (χ4n) is 7.70. The molecule has 9 rings (SSSR count). The second-order valence-corrected chi connectivity index (χ2v) is 13.6. The van der Waals surface area contributed by atoms with Crippen LogP contribution in [0.15, 0.2) is 182 Å². The van der Waals surface area contributed by atoms with Gasteiger partial charge in [0.1, 0.15) is 0 Å². The second-order valence-electron chi connectivity index (χ2n) is 13.6. The Kier molecular flexibility index (Phi) is 7.98. The van der Waals surface area contributed by atoms with Crippen LogP contribution in [0.4, 0.5) is 0 Å². The predicted octanol–water partition coefficient (Wildman–Crippen LogP) is 13.4. The van der Waals surface area contributed by atoms with Gasteiger partial charge in [-0.1, -0.05) is 145 Å². The Morgan fingerprint density at radius 1 is 0.346 bits per heavy atom. The van der Waals surface area contributed by atoms with Crippen LogP contribution in [-0.2, 0) is 0 Å². The molecule has 0 aliphatic heterocycles. The van der Waals surface area contributed by atoms with Crippen LogP contribution >= 0.6 is 0 Å². The van der Waals surface area contributed by atoms with Gasteiger partial charge in [0, 0.05) is 28.7 Å². The van der Waals surface area contributed by atoms with E-state index >= 15 is 0 Å². The van der Waals surface area contributed by atoms with Crippen molar-refractivity contribution in [1.29, 1.82) is 0 Å². The Labute approximate surface area is 304 Å². The van der Waals surface area contributed by atoms with Gasteiger partial charge in [-0.05, 0) is 111 Å². The molecule has 2 aromatic heterocycles. The minimum absolute atomic E-state index is 0.955. The van der Waals surface area contributed by atoms with Crippen LogP contribution < -0.4 is 0 Å². The lowest BCUT2D eigenvalue weighted by Crippen LogP contribution is -1.95. The van der Waals surface area contributed by atoms with E-state index in [1.165, 1.54) is 66.6 Å². The topological polar surface area (TPSA) is 25.8 Å². The Bertz CT molecular complexity index is 2730. The zero-order chi connectivity index (χ0) is 35.0. The van der Waals surface area contributed by atoms with E-state index in [0.717, 1.165) is 33.1 Å². The monoisotopic (exact) mass is 664 g/mol. The van der Waals surface area contributed by atoms with E-state index in [2.05, 4.69) is 172 Å². The summed E-state index contributed by atoms with van der Waals surface area (Å²) < 4.78 is 0. The third kappa shape index (κ3) is 5.85. The van der Waals surface area contributed by atoms with Crippen LogP contribution in [0.2, 0.25) is 0 Å². The average molecular weight is 665 g/mol. The highest BCUT2D eigenvalue weighted by Gasteiger charge is 2.19. The molecule has 9 aromatic rings. The first-order chi connectivity index (χ1) is 25.6. The lowest BCUT2D eigenvalue weighted by Gasteiger charge is -2.21. The summed E-state index contributed by atoms with van der Waals surface area (Å²) in [7, 11) is 0. The van der Waals surface area contributed by atoms with Crippen molar-refractivity contribution in [1.82, 2.24) is 9.97 Å². The summed E-state index contributed by atoms with van der Waals surface area (Å²) in [6.45, 7) is 4.38. The summed E-state index contributed by atoms with van der Waals surface area (Å²) in [5, 5.41) is 3.49. The maximum atomic E-state index is 4.74. The van der Waals surface area contributed by atoms with E-state index in [1.54, 1.807) is 0 Å². The van der Waals surface area contributed by atoms with E-state index in [-0.39, 0.29) is 0 Å². The Morgan fingerprint density at radius 3 is 1.90 bits per heavy atom. The quantitative estimate of drug-likeness (QED) is 0.165. The minimum atomic E-state index is 0.955. The first-order valence-electron chi connectivity index (χ1n) is 17.8. The molecule has 2 heteroatoms. The summed E-state index contributed by atoms with van der Waals surface area (Å²) in [6.07, 6.45) is 3.74. The summed E-state index contributed by atoms with van der Waals surface area (Å²) >= 11 is 0. The van der Waals surface area contributed by atoms with Crippen LogP contribution in [0.25, 0.3) is 88.6 Å². The SMILES string of the molecule is Cc1cc(C)cc(-c2c(-c3ccc4c(ccc5cccnc54)c3)cccc2-c2ccc(-c3ccccn3)cc2-c2cccc(-c3ccccc3)c2)c1. The summed E-state index contributed by atoms with van der Waals surface area (Å²) in [6, 6.07) is 61.5. The number of hydrogen-bond donors (Lipinski definition) is 0. The normalized spacial score (nSPS) is 11.3. The highest BCUT2D eigenvalue weighted by molar-refractivity contribution is 6.07.